The van der Waals surface area contributed by atoms with E-state index in [-0.39, 0.29) is 11.1 Å². The van der Waals surface area contributed by atoms with Gasteiger partial charge in [-0.05, 0) is 24.1 Å². The standard InChI is InChI=1S/C13H10F2N2.C2H6/c1-3-7-5-8(16)6-10-11(7)9(4-2)12(14)13(15)17-10;1-2/h2,5-6H,3,16H2,1H3;1-2H3. The second-order valence-corrected chi connectivity index (χ2v) is 3.66. The Hall–Kier alpha value is -2.15. The molecular weight excluding hydrogens is 246 g/mol. The van der Waals surface area contributed by atoms with Gasteiger partial charge in [-0.15, -0.1) is 6.42 Å². The van der Waals surface area contributed by atoms with Gasteiger partial charge in [0.05, 0.1) is 11.1 Å². The molecule has 0 aliphatic carbocycles. The molecule has 0 saturated carbocycles. The lowest BCUT2D eigenvalue weighted by molar-refractivity contribution is 0.482. The Kier molecular flexibility index (Phi) is 4.82. The molecule has 0 unspecified atom stereocenters. The van der Waals surface area contributed by atoms with Gasteiger partial charge in [-0.3, -0.25) is 0 Å². The third kappa shape index (κ3) is 2.65. The molecule has 4 heteroatoms. The van der Waals surface area contributed by atoms with Crippen LogP contribution in [0.5, 0.6) is 0 Å². The number of rotatable bonds is 1. The van der Waals surface area contributed by atoms with Crippen LogP contribution in [-0.4, -0.2) is 4.98 Å². The first-order valence-electron chi connectivity index (χ1n) is 6.12. The Balaban J connectivity index is 0.000000861. The van der Waals surface area contributed by atoms with Crippen LogP contribution >= 0.6 is 0 Å². The zero-order valence-electron chi connectivity index (χ0n) is 11.2. The minimum Gasteiger partial charge on any atom is -0.399 e. The molecule has 1 heterocycles. The van der Waals surface area contributed by atoms with Crippen molar-refractivity contribution in [1.82, 2.24) is 4.98 Å². The molecule has 0 saturated heterocycles. The third-order valence-corrected chi connectivity index (χ3v) is 2.62. The van der Waals surface area contributed by atoms with Crippen molar-refractivity contribution in [1.29, 1.82) is 0 Å². The van der Waals surface area contributed by atoms with Crippen LogP contribution in [0.25, 0.3) is 10.9 Å². The van der Waals surface area contributed by atoms with E-state index >= 15 is 0 Å². The number of aryl methyl sites for hydroxylation is 1. The Bertz CT molecular complexity index is 643. The molecule has 19 heavy (non-hydrogen) atoms. The van der Waals surface area contributed by atoms with E-state index in [0.717, 1.165) is 5.56 Å². The van der Waals surface area contributed by atoms with Gasteiger partial charge < -0.3 is 5.73 Å². The number of benzene rings is 1. The maximum absolute atomic E-state index is 13.5. The average Bonchev–Trinajstić information content (AvgIpc) is 2.42. The van der Waals surface area contributed by atoms with Crippen LogP contribution < -0.4 is 5.73 Å². The molecule has 0 spiro atoms. The number of fused-ring (bicyclic) bond motifs is 1. The number of nitrogen functional groups attached to an aromatic ring is 1. The van der Waals surface area contributed by atoms with Crippen molar-refractivity contribution < 1.29 is 8.78 Å². The molecular formula is C15H16F2N2. The summed E-state index contributed by atoms with van der Waals surface area (Å²) in [4.78, 5) is 3.54. The largest absolute Gasteiger partial charge is 0.399 e. The zero-order valence-corrected chi connectivity index (χ0v) is 11.2. The zero-order chi connectivity index (χ0) is 14.6. The minimum atomic E-state index is -1.20. The first-order valence-corrected chi connectivity index (χ1v) is 6.12. The molecule has 1 aromatic heterocycles. The minimum absolute atomic E-state index is 0.0932. The van der Waals surface area contributed by atoms with Gasteiger partial charge in [-0.1, -0.05) is 26.7 Å². The fourth-order valence-corrected chi connectivity index (χ4v) is 1.87. The molecule has 2 nitrogen and oxygen atoms in total. The Labute approximate surface area is 111 Å². The number of hydrogen-bond donors (Lipinski definition) is 1. The van der Waals surface area contributed by atoms with Gasteiger partial charge >= 0.3 is 0 Å². The van der Waals surface area contributed by atoms with Crippen LogP contribution in [0.1, 0.15) is 31.9 Å². The monoisotopic (exact) mass is 262 g/mol. The number of hydrogen-bond acceptors (Lipinski definition) is 2. The van der Waals surface area contributed by atoms with E-state index < -0.39 is 11.8 Å². The van der Waals surface area contributed by atoms with Crippen LogP contribution in [0.15, 0.2) is 12.1 Å². The van der Waals surface area contributed by atoms with E-state index in [1.807, 2.05) is 20.8 Å². The fraction of sp³-hybridized carbons (Fsp3) is 0.267. The predicted octanol–water partition coefficient (Wildman–Crippen LogP) is 3.67. The van der Waals surface area contributed by atoms with Crippen molar-refractivity contribution in [3.05, 3.63) is 35.0 Å². The van der Waals surface area contributed by atoms with Gasteiger partial charge in [0.25, 0.3) is 5.95 Å². The van der Waals surface area contributed by atoms with E-state index in [4.69, 9.17) is 12.2 Å². The number of aromatic nitrogens is 1. The smallest absolute Gasteiger partial charge is 0.250 e. The second kappa shape index (κ2) is 6.14. The molecule has 100 valence electrons. The molecule has 2 N–H and O–H groups in total. The molecule has 2 aromatic rings. The molecule has 0 aliphatic heterocycles. The van der Waals surface area contributed by atoms with Crippen molar-refractivity contribution in [3.8, 4) is 12.3 Å². The summed E-state index contributed by atoms with van der Waals surface area (Å²) in [6.45, 7) is 5.88. The molecule has 0 radical (unpaired) electrons. The van der Waals surface area contributed by atoms with Gasteiger partial charge in [0.15, 0.2) is 5.82 Å². The average molecular weight is 262 g/mol. The summed E-state index contributed by atoms with van der Waals surface area (Å²) in [6, 6.07) is 3.18. The van der Waals surface area contributed by atoms with E-state index in [1.165, 1.54) is 6.07 Å². The Morgan fingerprint density at radius 1 is 1.32 bits per heavy atom. The number of pyridine rings is 1. The summed E-state index contributed by atoms with van der Waals surface area (Å²) < 4.78 is 26.8. The first kappa shape index (κ1) is 14.9. The summed E-state index contributed by atoms with van der Waals surface area (Å²) in [5, 5.41) is 0.461. The number of anilines is 1. The van der Waals surface area contributed by atoms with Gasteiger partial charge in [0.1, 0.15) is 0 Å². The van der Waals surface area contributed by atoms with Crippen LogP contribution in [0, 0.1) is 24.1 Å². The van der Waals surface area contributed by atoms with E-state index in [0.29, 0.717) is 17.5 Å². The van der Waals surface area contributed by atoms with Gasteiger partial charge in [-0.2, -0.15) is 4.39 Å². The van der Waals surface area contributed by atoms with E-state index in [9.17, 15) is 8.78 Å². The topological polar surface area (TPSA) is 38.9 Å². The van der Waals surface area contributed by atoms with Gasteiger partial charge in [0.2, 0.25) is 0 Å². The molecule has 0 bridgehead atoms. The lowest BCUT2D eigenvalue weighted by Gasteiger charge is -2.09. The molecule has 0 atom stereocenters. The van der Waals surface area contributed by atoms with Crippen LogP contribution in [0.4, 0.5) is 14.5 Å². The Morgan fingerprint density at radius 3 is 2.47 bits per heavy atom. The van der Waals surface area contributed by atoms with Crippen LogP contribution in [0.2, 0.25) is 0 Å². The highest BCUT2D eigenvalue weighted by molar-refractivity contribution is 5.90. The van der Waals surface area contributed by atoms with Gasteiger partial charge in [-0.25, -0.2) is 9.37 Å². The van der Waals surface area contributed by atoms with Crippen LogP contribution in [-0.2, 0) is 6.42 Å². The van der Waals surface area contributed by atoms with Crippen molar-refractivity contribution in [3.63, 3.8) is 0 Å². The van der Waals surface area contributed by atoms with Crippen molar-refractivity contribution in [2.24, 2.45) is 0 Å². The van der Waals surface area contributed by atoms with E-state index in [2.05, 4.69) is 10.9 Å². The summed E-state index contributed by atoms with van der Waals surface area (Å²) >= 11 is 0. The lowest BCUT2D eigenvalue weighted by atomic mass is 10.0. The summed E-state index contributed by atoms with van der Waals surface area (Å²) in [6.07, 6.45) is 5.85. The highest BCUT2D eigenvalue weighted by atomic mass is 19.2. The SMILES string of the molecule is C#Cc1c(F)c(F)nc2cc(N)cc(CC)c12.CC. The van der Waals surface area contributed by atoms with Crippen molar-refractivity contribution in [2.45, 2.75) is 27.2 Å². The first-order chi connectivity index (χ1) is 9.08. The normalized spacial score (nSPS) is 9.68. The highest BCUT2D eigenvalue weighted by Gasteiger charge is 2.16. The second-order valence-electron chi connectivity index (χ2n) is 3.66. The van der Waals surface area contributed by atoms with Crippen molar-refractivity contribution >= 4 is 16.6 Å². The lowest BCUT2D eigenvalue weighted by Crippen LogP contribution is -2.00. The van der Waals surface area contributed by atoms with E-state index in [1.54, 1.807) is 6.07 Å². The summed E-state index contributed by atoms with van der Waals surface area (Å²) in [5.41, 5.74) is 7.08. The molecule has 0 fully saturated rings. The summed E-state index contributed by atoms with van der Waals surface area (Å²) in [5.74, 6) is -0.103. The maximum Gasteiger partial charge on any atom is 0.250 e. The van der Waals surface area contributed by atoms with Gasteiger partial charge in [0, 0.05) is 11.1 Å². The quantitative estimate of drug-likeness (QED) is 0.484. The summed E-state index contributed by atoms with van der Waals surface area (Å²) in [7, 11) is 0. The number of halogens is 2. The van der Waals surface area contributed by atoms with Crippen molar-refractivity contribution in [2.75, 3.05) is 5.73 Å². The Morgan fingerprint density at radius 2 is 1.95 bits per heavy atom. The molecule has 0 aliphatic rings. The third-order valence-electron chi connectivity index (χ3n) is 2.62. The predicted molar refractivity (Wildman–Crippen MR) is 74.7 cm³/mol. The fourth-order valence-electron chi connectivity index (χ4n) is 1.87. The number of nitrogens with zero attached hydrogens (tertiary/aromatic N) is 1. The molecule has 1 aromatic carbocycles. The molecule has 2 rings (SSSR count). The highest BCUT2D eigenvalue weighted by Crippen LogP contribution is 2.27. The molecule has 0 amide bonds. The maximum atomic E-state index is 13.5. The number of terminal acetylenes is 1. The number of nitrogens with two attached hydrogens (primary N) is 1. The van der Waals surface area contributed by atoms with Crippen LogP contribution in [0.3, 0.4) is 0 Å².